The van der Waals surface area contributed by atoms with Crippen molar-refractivity contribution >= 4 is 30.0 Å². The molecule has 7 heteroatoms. The van der Waals surface area contributed by atoms with E-state index < -0.39 is 0 Å². The summed E-state index contributed by atoms with van der Waals surface area (Å²) in [6, 6.07) is 7.25. The molecule has 1 N–H and O–H groups in total. The van der Waals surface area contributed by atoms with Gasteiger partial charge in [0, 0.05) is 25.2 Å². The highest BCUT2D eigenvalue weighted by molar-refractivity contribution is 5.90. The van der Waals surface area contributed by atoms with Crippen LogP contribution in [-0.4, -0.2) is 50.1 Å². The van der Waals surface area contributed by atoms with E-state index in [0.29, 0.717) is 26.1 Å². The molecule has 0 saturated carbocycles. The molecule has 140 valence electrons. The number of hydrogen-bond donors (Lipinski definition) is 1. The van der Waals surface area contributed by atoms with E-state index >= 15 is 0 Å². The van der Waals surface area contributed by atoms with Crippen molar-refractivity contribution in [2.75, 3.05) is 38.7 Å². The number of rotatable bonds is 7. The van der Waals surface area contributed by atoms with Gasteiger partial charge in [-0.25, -0.2) is 0 Å². The second kappa shape index (κ2) is 10.9. The van der Waals surface area contributed by atoms with Gasteiger partial charge in [-0.05, 0) is 50.6 Å². The molecule has 0 aromatic heterocycles. The smallest absolute Gasteiger partial charge is 0.310 e. The standard InChI is InChI=1S/C18H26N2O4.ClH/c1-3-24-18(22)14-5-4-11-20(13-14)12-10-17(21)19-15-6-8-16(23-2)9-7-15;/h6-9,14H,3-5,10-13H2,1-2H3,(H,19,21);1H. The first-order chi connectivity index (χ1) is 11.6. The monoisotopic (exact) mass is 370 g/mol. The Hall–Kier alpha value is -1.79. The number of halogens is 1. The van der Waals surface area contributed by atoms with Gasteiger partial charge in [-0.2, -0.15) is 0 Å². The highest BCUT2D eigenvalue weighted by Crippen LogP contribution is 2.18. The number of amides is 1. The second-order valence-corrected chi connectivity index (χ2v) is 5.92. The number of piperidine rings is 1. The van der Waals surface area contributed by atoms with Gasteiger partial charge in [-0.3, -0.25) is 9.59 Å². The van der Waals surface area contributed by atoms with E-state index in [0.717, 1.165) is 30.8 Å². The number of benzene rings is 1. The second-order valence-electron chi connectivity index (χ2n) is 5.92. The molecule has 1 unspecified atom stereocenters. The van der Waals surface area contributed by atoms with E-state index in [9.17, 15) is 9.59 Å². The lowest BCUT2D eigenvalue weighted by Gasteiger charge is -2.31. The fourth-order valence-corrected chi connectivity index (χ4v) is 2.87. The maximum Gasteiger partial charge on any atom is 0.310 e. The maximum absolute atomic E-state index is 12.1. The van der Waals surface area contributed by atoms with Gasteiger partial charge in [0.1, 0.15) is 5.75 Å². The highest BCUT2D eigenvalue weighted by Gasteiger charge is 2.26. The Kier molecular flexibility index (Phi) is 9.31. The zero-order chi connectivity index (χ0) is 17.4. The van der Waals surface area contributed by atoms with Crippen molar-refractivity contribution in [3.63, 3.8) is 0 Å². The summed E-state index contributed by atoms with van der Waals surface area (Å²) in [4.78, 5) is 26.1. The SMILES string of the molecule is CCOC(=O)C1CCCN(CCC(=O)Nc2ccc(OC)cc2)C1.Cl. The fraction of sp³-hybridized carbons (Fsp3) is 0.556. The topological polar surface area (TPSA) is 67.9 Å². The van der Waals surface area contributed by atoms with Gasteiger partial charge < -0.3 is 19.7 Å². The zero-order valence-electron chi connectivity index (χ0n) is 14.8. The summed E-state index contributed by atoms with van der Waals surface area (Å²) in [5.41, 5.74) is 0.754. The van der Waals surface area contributed by atoms with Crippen molar-refractivity contribution in [3.05, 3.63) is 24.3 Å². The number of esters is 1. The predicted octanol–water partition coefficient (Wildman–Crippen LogP) is 2.72. The van der Waals surface area contributed by atoms with Crippen LogP contribution >= 0.6 is 12.4 Å². The van der Waals surface area contributed by atoms with Crippen molar-refractivity contribution in [1.82, 2.24) is 4.90 Å². The number of ether oxygens (including phenoxy) is 2. The molecule has 0 spiro atoms. The minimum atomic E-state index is -0.120. The lowest BCUT2D eigenvalue weighted by atomic mass is 9.98. The first-order valence-corrected chi connectivity index (χ1v) is 8.45. The number of carbonyl (C=O) groups excluding carboxylic acids is 2. The van der Waals surface area contributed by atoms with Crippen molar-refractivity contribution in [2.45, 2.75) is 26.2 Å². The number of carbonyl (C=O) groups is 2. The van der Waals surface area contributed by atoms with Crippen LogP contribution in [0.25, 0.3) is 0 Å². The van der Waals surface area contributed by atoms with Crippen LogP contribution in [0.2, 0.25) is 0 Å². The average molecular weight is 371 g/mol. The lowest BCUT2D eigenvalue weighted by Crippen LogP contribution is -2.40. The molecule has 1 aliphatic heterocycles. The molecule has 1 fully saturated rings. The van der Waals surface area contributed by atoms with Crippen molar-refractivity contribution in [1.29, 1.82) is 0 Å². The molecular weight excluding hydrogens is 344 g/mol. The van der Waals surface area contributed by atoms with Crippen LogP contribution < -0.4 is 10.1 Å². The van der Waals surface area contributed by atoms with E-state index in [2.05, 4.69) is 10.2 Å². The van der Waals surface area contributed by atoms with Crippen LogP contribution in [0.4, 0.5) is 5.69 Å². The van der Waals surface area contributed by atoms with E-state index in [1.165, 1.54) is 0 Å². The minimum Gasteiger partial charge on any atom is -0.497 e. The van der Waals surface area contributed by atoms with Gasteiger partial charge in [0.2, 0.25) is 5.91 Å². The molecule has 0 aliphatic carbocycles. The Bertz CT molecular complexity index is 551. The Morgan fingerprint density at radius 2 is 2.00 bits per heavy atom. The molecule has 1 atom stereocenters. The van der Waals surface area contributed by atoms with E-state index in [-0.39, 0.29) is 30.2 Å². The molecule has 1 aliphatic rings. The number of hydrogen-bond acceptors (Lipinski definition) is 5. The van der Waals surface area contributed by atoms with Crippen LogP contribution in [0.15, 0.2) is 24.3 Å². The predicted molar refractivity (Wildman–Crippen MR) is 99.3 cm³/mol. The molecule has 1 saturated heterocycles. The van der Waals surface area contributed by atoms with Gasteiger partial charge in [0.25, 0.3) is 0 Å². The molecule has 6 nitrogen and oxygen atoms in total. The number of nitrogens with zero attached hydrogens (tertiary/aromatic N) is 1. The Morgan fingerprint density at radius 1 is 1.28 bits per heavy atom. The molecule has 0 bridgehead atoms. The normalized spacial score (nSPS) is 17.3. The van der Waals surface area contributed by atoms with Gasteiger partial charge in [0.15, 0.2) is 0 Å². The molecule has 1 amide bonds. The summed E-state index contributed by atoms with van der Waals surface area (Å²) < 4.78 is 10.2. The summed E-state index contributed by atoms with van der Waals surface area (Å²) in [6.07, 6.45) is 2.23. The third-order valence-corrected chi connectivity index (χ3v) is 4.15. The summed E-state index contributed by atoms with van der Waals surface area (Å²) in [5, 5.41) is 2.87. The van der Waals surface area contributed by atoms with Crippen LogP contribution in [0.3, 0.4) is 0 Å². The average Bonchev–Trinajstić information content (AvgIpc) is 2.61. The third kappa shape index (κ3) is 6.92. The lowest BCUT2D eigenvalue weighted by molar-refractivity contribution is -0.149. The zero-order valence-corrected chi connectivity index (χ0v) is 15.6. The van der Waals surface area contributed by atoms with Gasteiger partial charge in [-0.1, -0.05) is 0 Å². The molecule has 2 rings (SSSR count). The summed E-state index contributed by atoms with van der Waals surface area (Å²) in [7, 11) is 1.61. The summed E-state index contributed by atoms with van der Waals surface area (Å²) in [5.74, 6) is 0.540. The molecular formula is C18H27ClN2O4. The highest BCUT2D eigenvalue weighted by atomic mass is 35.5. The first kappa shape index (κ1) is 21.3. The fourth-order valence-electron chi connectivity index (χ4n) is 2.87. The van der Waals surface area contributed by atoms with E-state index in [1.807, 2.05) is 31.2 Å². The summed E-state index contributed by atoms with van der Waals surface area (Å²) in [6.45, 7) is 4.49. The minimum absolute atomic E-state index is 0. The van der Waals surface area contributed by atoms with Gasteiger partial charge >= 0.3 is 5.97 Å². The maximum atomic E-state index is 12.1. The molecule has 1 aromatic rings. The Labute approximate surface area is 155 Å². The van der Waals surface area contributed by atoms with Gasteiger partial charge in [-0.15, -0.1) is 12.4 Å². The van der Waals surface area contributed by atoms with E-state index in [1.54, 1.807) is 7.11 Å². The number of nitrogens with one attached hydrogen (secondary N) is 1. The number of methoxy groups -OCH3 is 1. The first-order valence-electron chi connectivity index (χ1n) is 8.45. The Balaban J connectivity index is 0.00000312. The van der Waals surface area contributed by atoms with Crippen molar-refractivity contribution < 1.29 is 19.1 Å². The van der Waals surface area contributed by atoms with Crippen LogP contribution in [0, 0.1) is 5.92 Å². The van der Waals surface area contributed by atoms with Gasteiger partial charge in [0.05, 0.1) is 19.6 Å². The number of anilines is 1. The quantitative estimate of drug-likeness (QED) is 0.747. The van der Waals surface area contributed by atoms with Crippen molar-refractivity contribution in [2.24, 2.45) is 5.92 Å². The molecule has 0 radical (unpaired) electrons. The molecule has 1 heterocycles. The largest absolute Gasteiger partial charge is 0.497 e. The third-order valence-electron chi connectivity index (χ3n) is 4.15. The van der Waals surface area contributed by atoms with Crippen LogP contribution in [0.5, 0.6) is 5.75 Å². The number of likely N-dealkylation sites (tertiary alicyclic amines) is 1. The van der Waals surface area contributed by atoms with Crippen molar-refractivity contribution in [3.8, 4) is 5.75 Å². The summed E-state index contributed by atoms with van der Waals surface area (Å²) >= 11 is 0. The molecule has 1 aromatic carbocycles. The van der Waals surface area contributed by atoms with Crippen LogP contribution in [0.1, 0.15) is 26.2 Å². The Morgan fingerprint density at radius 3 is 2.64 bits per heavy atom. The van der Waals surface area contributed by atoms with E-state index in [4.69, 9.17) is 9.47 Å². The molecule has 25 heavy (non-hydrogen) atoms. The van der Waals surface area contributed by atoms with Crippen LogP contribution in [-0.2, 0) is 14.3 Å².